The monoisotopic (exact) mass is 321 g/mol. The van der Waals surface area contributed by atoms with E-state index >= 15 is 0 Å². The number of carboxylic acids is 2. The van der Waals surface area contributed by atoms with Crippen molar-refractivity contribution in [2.45, 2.75) is 12.5 Å². The SMILES string of the molecule is O=C([O-])C[C@H](NC(=O)CP(=O)([O-])O)C(=O)[O-].[Na+].[Na+].[Na+]. The van der Waals surface area contributed by atoms with Gasteiger partial charge in [-0.05, 0) is 0 Å². The maximum atomic E-state index is 10.8. The molecule has 0 saturated heterocycles. The summed E-state index contributed by atoms with van der Waals surface area (Å²) in [6.45, 7) is 0. The zero-order valence-electron chi connectivity index (χ0n) is 10.7. The van der Waals surface area contributed by atoms with Crippen molar-refractivity contribution < 1.29 is 128 Å². The van der Waals surface area contributed by atoms with E-state index in [1.54, 1.807) is 5.32 Å². The van der Waals surface area contributed by atoms with Crippen molar-refractivity contribution in [3.05, 3.63) is 0 Å². The van der Waals surface area contributed by atoms with Crippen molar-refractivity contribution in [3.63, 3.8) is 0 Å². The number of carbonyl (C=O) groups excluding carboxylic acids is 3. The Hall–Kier alpha value is 1.56. The molecule has 0 bridgehead atoms. The maximum absolute atomic E-state index is 10.8. The Labute approximate surface area is 174 Å². The number of carboxylic acid groups (broad SMARTS) is 2. The van der Waals surface area contributed by atoms with Gasteiger partial charge in [-0.15, -0.1) is 0 Å². The van der Waals surface area contributed by atoms with E-state index < -0.39 is 44.1 Å². The first-order chi connectivity index (χ1) is 7.11. The van der Waals surface area contributed by atoms with Gasteiger partial charge in [0.2, 0.25) is 5.91 Å². The van der Waals surface area contributed by atoms with Crippen LogP contribution in [0.1, 0.15) is 6.42 Å². The number of aliphatic carboxylic acids is 2. The molecular formula is C6H7NNa3O8P. The Morgan fingerprint density at radius 1 is 1.16 bits per heavy atom. The van der Waals surface area contributed by atoms with Crippen molar-refractivity contribution in [1.82, 2.24) is 5.32 Å². The van der Waals surface area contributed by atoms with Gasteiger partial charge in [0.25, 0.3) is 0 Å². The Kier molecular flexibility index (Phi) is 20.0. The van der Waals surface area contributed by atoms with E-state index in [0.717, 1.165) is 0 Å². The van der Waals surface area contributed by atoms with Crippen LogP contribution in [-0.4, -0.2) is 34.9 Å². The van der Waals surface area contributed by atoms with E-state index in [0.29, 0.717) is 0 Å². The molecule has 2 atom stereocenters. The van der Waals surface area contributed by atoms with Gasteiger partial charge in [-0.1, -0.05) is 0 Å². The summed E-state index contributed by atoms with van der Waals surface area (Å²) >= 11 is 0. The Morgan fingerprint density at radius 3 is 1.84 bits per heavy atom. The molecule has 0 aliphatic heterocycles. The number of amides is 1. The van der Waals surface area contributed by atoms with Crippen molar-refractivity contribution in [1.29, 1.82) is 0 Å². The summed E-state index contributed by atoms with van der Waals surface area (Å²) in [5, 5.41) is 21.9. The van der Waals surface area contributed by atoms with Gasteiger partial charge in [0.1, 0.15) is 7.60 Å². The predicted octanol–water partition coefficient (Wildman–Crippen LogP) is -14.1. The van der Waals surface area contributed by atoms with E-state index in [2.05, 4.69) is 0 Å². The van der Waals surface area contributed by atoms with Crippen LogP contribution in [0, 0.1) is 0 Å². The average Bonchev–Trinajstić information content (AvgIpc) is 1.97. The van der Waals surface area contributed by atoms with Crippen LogP contribution in [0.2, 0.25) is 0 Å². The van der Waals surface area contributed by atoms with Crippen LogP contribution in [0.15, 0.2) is 0 Å². The van der Waals surface area contributed by atoms with Gasteiger partial charge in [0, 0.05) is 12.4 Å². The fourth-order valence-electron chi connectivity index (χ4n) is 0.781. The summed E-state index contributed by atoms with van der Waals surface area (Å²) in [7, 11) is -4.88. The van der Waals surface area contributed by atoms with Crippen LogP contribution >= 0.6 is 7.60 Å². The minimum atomic E-state index is -4.88. The number of carbonyl (C=O) groups is 3. The molecule has 0 aliphatic rings. The van der Waals surface area contributed by atoms with Gasteiger partial charge in [-0.3, -0.25) is 4.79 Å². The van der Waals surface area contributed by atoms with Gasteiger partial charge in [-0.25, -0.2) is 0 Å². The Bertz CT molecular complexity index is 358. The number of rotatable bonds is 6. The molecular weight excluding hydrogens is 314 g/mol. The first-order valence-electron chi connectivity index (χ1n) is 3.84. The molecule has 0 aromatic heterocycles. The molecule has 0 radical (unpaired) electrons. The minimum Gasteiger partial charge on any atom is -0.778 e. The van der Waals surface area contributed by atoms with Gasteiger partial charge in [0.05, 0.1) is 18.2 Å². The second kappa shape index (κ2) is 13.2. The second-order valence-electron chi connectivity index (χ2n) is 2.81. The second-order valence-corrected chi connectivity index (χ2v) is 4.40. The van der Waals surface area contributed by atoms with Crippen molar-refractivity contribution >= 4 is 25.4 Å². The summed E-state index contributed by atoms with van der Waals surface area (Å²) in [5.74, 6) is -5.02. The van der Waals surface area contributed by atoms with Crippen LogP contribution in [0.3, 0.4) is 0 Å². The van der Waals surface area contributed by atoms with Crippen LogP contribution in [0.5, 0.6) is 0 Å². The Morgan fingerprint density at radius 2 is 1.58 bits per heavy atom. The molecule has 13 heteroatoms. The summed E-state index contributed by atoms with van der Waals surface area (Å²) in [6.07, 6.45) is -2.41. The molecule has 0 heterocycles. The third-order valence-corrected chi connectivity index (χ3v) is 2.02. The standard InChI is InChI=1S/C6H10NO8P.3Na/c8-4(2-16(13,14)15)7-3(6(11)12)1-5(9)10;;;/h3H,1-2H2,(H,7,8)(H,9,10)(H,11,12)(H2,13,14,15);;;/q;3*+1/p-3/t3-;;;/m0.../s1. The first kappa shape index (κ1) is 28.7. The van der Waals surface area contributed by atoms with Gasteiger partial charge >= 0.3 is 88.7 Å². The molecule has 1 amide bonds. The quantitative estimate of drug-likeness (QED) is 0.359. The van der Waals surface area contributed by atoms with Crippen molar-refractivity contribution in [3.8, 4) is 0 Å². The van der Waals surface area contributed by atoms with Crippen LogP contribution in [0.4, 0.5) is 0 Å². The van der Waals surface area contributed by atoms with Gasteiger partial charge in [-0.2, -0.15) is 0 Å². The predicted molar refractivity (Wildman–Crippen MR) is 41.3 cm³/mol. The molecule has 2 N–H and O–H groups in total. The van der Waals surface area contributed by atoms with E-state index in [9.17, 15) is 34.1 Å². The van der Waals surface area contributed by atoms with Gasteiger partial charge < -0.3 is 39.5 Å². The molecule has 0 spiro atoms. The molecule has 1 unspecified atom stereocenters. The van der Waals surface area contributed by atoms with Crippen LogP contribution < -0.4 is 109 Å². The Balaban J connectivity index is -0.000000375. The summed E-state index contributed by atoms with van der Waals surface area (Å²) in [4.78, 5) is 49.7. The minimum absolute atomic E-state index is 0. The zero-order valence-corrected chi connectivity index (χ0v) is 17.6. The largest absolute Gasteiger partial charge is 1.00 e. The van der Waals surface area contributed by atoms with E-state index in [4.69, 9.17) is 4.89 Å². The smallest absolute Gasteiger partial charge is 0.778 e. The summed E-state index contributed by atoms with van der Waals surface area (Å²) in [6, 6.07) is -1.91. The van der Waals surface area contributed by atoms with Crippen LogP contribution in [0.25, 0.3) is 0 Å². The third kappa shape index (κ3) is 17.5. The van der Waals surface area contributed by atoms with E-state index in [1.165, 1.54) is 0 Å². The maximum Gasteiger partial charge on any atom is 1.00 e. The summed E-state index contributed by atoms with van der Waals surface area (Å²) in [5.41, 5.74) is 0. The van der Waals surface area contributed by atoms with E-state index in [1.807, 2.05) is 0 Å². The van der Waals surface area contributed by atoms with Crippen molar-refractivity contribution in [2.75, 3.05) is 6.16 Å². The molecule has 19 heavy (non-hydrogen) atoms. The third-order valence-electron chi connectivity index (χ3n) is 1.33. The van der Waals surface area contributed by atoms with Crippen molar-refractivity contribution in [2.24, 2.45) is 0 Å². The number of nitrogens with one attached hydrogen (secondary N) is 1. The van der Waals surface area contributed by atoms with Crippen LogP contribution in [-0.2, 0) is 18.9 Å². The fraction of sp³-hybridized carbons (Fsp3) is 0.500. The molecule has 92 valence electrons. The summed E-state index contributed by atoms with van der Waals surface area (Å²) < 4.78 is 10.2. The zero-order chi connectivity index (χ0) is 12.9. The molecule has 0 aliphatic carbocycles. The fourth-order valence-corrected chi connectivity index (χ4v) is 1.24. The topological polar surface area (TPSA) is 170 Å². The normalized spacial score (nSPS) is 13.4. The molecule has 9 nitrogen and oxygen atoms in total. The molecule has 0 aromatic rings. The molecule has 0 fully saturated rings. The van der Waals surface area contributed by atoms with E-state index in [-0.39, 0.29) is 88.7 Å². The average molecular weight is 321 g/mol. The molecule has 0 saturated carbocycles. The molecule has 0 rings (SSSR count). The number of hydrogen-bond donors (Lipinski definition) is 2. The van der Waals surface area contributed by atoms with Gasteiger partial charge in [0.15, 0.2) is 0 Å². The first-order valence-corrected chi connectivity index (χ1v) is 5.61. The molecule has 0 aromatic carbocycles. The number of hydrogen-bond acceptors (Lipinski definition) is 7.